The Balaban J connectivity index is 2.46. The zero-order chi connectivity index (χ0) is 9.35. The van der Waals surface area contributed by atoms with Crippen LogP contribution in [0.1, 0.15) is 20.3 Å². The Morgan fingerprint density at radius 2 is 1.92 bits per heavy atom. The van der Waals surface area contributed by atoms with Crippen molar-refractivity contribution in [3.05, 3.63) is 0 Å². The van der Waals surface area contributed by atoms with Crippen LogP contribution in [-0.2, 0) is 0 Å². The first-order valence-corrected chi connectivity index (χ1v) is 4.22. The standard InChI is InChI=1S/C8H14F3N/c1-6(2)12-4-3-7(5-12)8(9,10)11/h6-7H,3-5H2,1-2H3/t7-/m1/s1. The van der Waals surface area contributed by atoms with Gasteiger partial charge in [-0.15, -0.1) is 0 Å². The minimum absolute atomic E-state index is 0.182. The average molecular weight is 181 g/mol. The van der Waals surface area contributed by atoms with E-state index in [4.69, 9.17) is 0 Å². The lowest BCUT2D eigenvalue weighted by molar-refractivity contribution is -0.170. The van der Waals surface area contributed by atoms with Crippen LogP contribution in [0, 0.1) is 5.92 Å². The Bertz CT molecular complexity index is 153. The summed E-state index contributed by atoms with van der Waals surface area (Å²) in [6, 6.07) is 0.234. The van der Waals surface area contributed by atoms with E-state index >= 15 is 0 Å². The Morgan fingerprint density at radius 1 is 1.33 bits per heavy atom. The molecule has 1 rings (SSSR count). The van der Waals surface area contributed by atoms with Gasteiger partial charge in [-0.25, -0.2) is 0 Å². The van der Waals surface area contributed by atoms with E-state index in [1.807, 2.05) is 18.7 Å². The number of alkyl halides is 3. The van der Waals surface area contributed by atoms with Gasteiger partial charge in [-0.05, 0) is 26.8 Å². The normalized spacial score (nSPS) is 27.0. The van der Waals surface area contributed by atoms with Crippen LogP contribution in [0.4, 0.5) is 13.2 Å². The van der Waals surface area contributed by atoms with Crippen molar-refractivity contribution < 1.29 is 13.2 Å². The van der Waals surface area contributed by atoms with E-state index in [9.17, 15) is 13.2 Å². The van der Waals surface area contributed by atoms with Gasteiger partial charge in [0, 0.05) is 12.6 Å². The lowest BCUT2D eigenvalue weighted by Gasteiger charge is -2.20. The molecule has 1 aliphatic rings. The van der Waals surface area contributed by atoms with Crippen LogP contribution in [0.2, 0.25) is 0 Å². The molecule has 72 valence electrons. The van der Waals surface area contributed by atoms with Crippen molar-refractivity contribution in [3.8, 4) is 0 Å². The quantitative estimate of drug-likeness (QED) is 0.599. The average Bonchev–Trinajstić information content (AvgIpc) is 2.30. The highest BCUT2D eigenvalue weighted by molar-refractivity contribution is 4.81. The molecule has 4 heteroatoms. The van der Waals surface area contributed by atoms with E-state index in [-0.39, 0.29) is 19.0 Å². The maximum Gasteiger partial charge on any atom is 0.393 e. The van der Waals surface area contributed by atoms with Crippen molar-refractivity contribution in [3.63, 3.8) is 0 Å². The van der Waals surface area contributed by atoms with E-state index in [1.54, 1.807) is 0 Å². The van der Waals surface area contributed by atoms with Crippen LogP contribution >= 0.6 is 0 Å². The summed E-state index contributed by atoms with van der Waals surface area (Å²) in [6.45, 7) is 4.63. The molecule has 0 radical (unpaired) electrons. The molecule has 0 aromatic heterocycles. The fraction of sp³-hybridized carbons (Fsp3) is 1.00. The first-order valence-electron chi connectivity index (χ1n) is 4.22. The van der Waals surface area contributed by atoms with E-state index in [0.29, 0.717) is 6.54 Å². The van der Waals surface area contributed by atoms with Gasteiger partial charge in [-0.1, -0.05) is 0 Å². The number of hydrogen-bond acceptors (Lipinski definition) is 1. The number of hydrogen-bond donors (Lipinski definition) is 0. The summed E-state index contributed by atoms with van der Waals surface area (Å²) in [4.78, 5) is 1.87. The molecule has 1 saturated heterocycles. The minimum atomic E-state index is -4.00. The molecule has 0 saturated carbocycles. The minimum Gasteiger partial charge on any atom is -0.300 e. The zero-order valence-electron chi connectivity index (χ0n) is 7.36. The Kier molecular flexibility index (Phi) is 2.66. The number of likely N-dealkylation sites (tertiary alicyclic amines) is 1. The van der Waals surface area contributed by atoms with Crippen molar-refractivity contribution in [1.29, 1.82) is 0 Å². The van der Waals surface area contributed by atoms with E-state index in [1.165, 1.54) is 0 Å². The van der Waals surface area contributed by atoms with Crippen molar-refractivity contribution >= 4 is 0 Å². The lowest BCUT2D eigenvalue weighted by atomic mass is 10.1. The van der Waals surface area contributed by atoms with Gasteiger partial charge in [0.05, 0.1) is 5.92 Å². The summed E-state index contributed by atoms with van der Waals surface area (Å²) >= 11 is 0. The molecule has 0 bridgehead atoms. The monoisotopic (exact) mass is 181 g/mol. The smallest absolute Gasteiger partial charge is 0.300 e. The molecule has 1 fully saturated rings. The molecular formula is C8H14F3N. The predicted octanol–water partition coefficient (Wildman–Crippen LogP) is 2.28. The second kappa shape index (κ2) is 3.24. The molecule has 0 aliphatic carbocycles. The molecule has 1 heterocycles. The SMILES string of the molecule is CC(C)N1CC[C@@H](C(F)(F)F)C1. The van der Waals surface area contributed by atoms with Gasteiger partial charge in [-0.2, -0.15) is 13.2 Å². The highest BCUT2D eigenvalue weighted by Gasteiger charge is 2.43. The van der Waals surface area contributed by atoms with Crippen LogP contribution in [0.25, 0.3) is 0 Å². The zero-order valence-corrected chi connectivity index (χ0v) is 7.36. The van der Waals surface area contributed by atoms with E-state index in [2.05, 4.69) is 0 Å². The number of halogens is 3. The summed E-state index contributed by atoms with van der Waals surface area (Å²) in [7, 11) is 0. The summed E-state index contributed by atoms with van der Waals surface area (Å²) < 4.78 is 36.5. The van der Waals surface area contributed by atoms with Gasteiger partial charge in [0.2, 0.25) is 0 Å². The fourth-order valence-electron chi connectivity index (χ4n) is 1.52. The summed E-state index contributed by atoms with van der Waals surface area (Å²) in [5.74, 6) is -1.10. The van der Waals surface area contributed by atoms with Gasteiger partial charge in [0.1, 0.15) is 0 Å². The third-order valence-electron chi connectivity index (χ3n) is 2.41. The van der Waals surface area contributed by atoms with Crippen molar-refractivity contribution in [1.82, 2.24) is 4.90 Å². The number of rotatable bonds is 1. The predicted molar refractivity (Wildman–Crippen MR) is 40.9 cm³/mol. The van der Waals surface area contributed by atoms with Gasteiger partial charge in [-0.3, -0.25) is 0 Å². The lowest BCUT2D eigenvalue weighted by Crippen LogP contribution is -2.31. The van der Waals surface area contributed by atoms with Crippen LogP contribution in [0.5, 0.6) is 0 Å². The summed E-state index contributed by atoms with van der Waals surface area (Å²) in [5, 5.41) is 0. The molecule has 1 atom stereocenters. The maximum atomic E-state index is 12.2. The van der Waals surface area contributed by atoms with E-state index < -0.39 is 12.1 Å². The molecule has 1 aliphatic heterocycles. The second-order valence-electron chi connectivity index (χ2n) is 3.62. The van der Waals surface area contributed by atoms with E-state index in [0.717, 1.165) is 0 Å². The second-order valence-corrected chi connectivity index (χ2v) is 3.62. The molecule has 0 amide bonds. The van der Waals surface area contributed by atoms with Crippen LogP contribution in [-0.4, -0.2) is 30.2 Å². The third-order valence-corrected chi connectivity index (χ3v) is 2.41. The van der Waals surface area contributed by atoms with Crippen molar-refractivity contribution in [2.45, 2.75) is 32.5 Å². The molecule has 0 aromatic rings. The Morgan fingerprint density at radius 3 is 2.17 bits per heavy atom. The highest BCUT2D eigenvalue weighted by Crippen LogP contribution is 2.33. The molecule has 0 spiro atoms. The maximum absolute atomic E-state index is 12.2. The van der Waals surface area contributed by atoms with Crippen molar-refractivity contribution in [2.24, 2.45) is 5.92 Å². The molecular weight excluding hydrogens is 167 g/mol. The van der Waals surface area contributed by atoms with Gasteiger partial charge in [0.15, 0.2) is 0 Å². The molecule has 0 aromatic carbocycles. The largest absolute Gasteiger partial charge is 0.393 e. The van der Waals surface area contributed by atoms with Gasteiger partial charge < -0.3 is 4.90 Å². The first kappa shape index (κ1) is 9.84. The van der Waals surface area contributed by atoms with Crippen LogP contribution < -0.4 is 0 Å². The van der Waals surface area contributed by atoms with Crippen molar-refractivity contribution in [2.75, 3.05) is 13.1 Å². The summed E-state index contributed by atoms with van der Waals surface area (Å²) in [6.07, 6.45) is -3.73. The number of nitrogens with zero attached hydrogens (tertiary/aromatic N) is 1. The molecule has 12 heavy (non-hydrogen) atoms. The topological polar surface area (TPSA) is 3.24 Å². The third kappa shape index (κ3) is 2.12. The molecule has 0 N–H and O–H groups in total. The fourth-order valence-corrected chi connectivity index (χ4v) is 1.52. The Labute approximate surface area is 70.5 Å². The van der Waals surface area contributed by atoms with Gasteiger partial charge in [0.25, 0.3) is 0 Å². The van der Waals surface area contributed by atoms with Crippen LogP contribution in [0.3, 0.4) is 0 Å². The highest BCUT2D eigenvalue weighted by atomic mass is 19.4. The van der Waals surface area contributed by atoms with Gasteiger partial charge >= 0.3 is 6.18 Å². The first-order chi connectivity index (χ1) is 5.41. The molecule has 1 nitrogen and oxygen atoms in total. The Hall–Kier alpha value is -0.250. The summed E-state index contributed by atoms with van der Waals surface area (Å²) in [5.41, 5.74) is 0. The van der Waals surface area contributed by atoms with Crippen LogP contribution in [0.15, 0.2) is 0 Å². The molecule has 0 unspecified atom stereocenters.